The van der Waals surface area contributed by atoms with Crippen molar-refractivity contribution in [1.29, 1.82) is 0 Å². The molecule has 0 amide bonds. The van der Waals surface area contributed by atoms with Gasteiger partial charge in [-0.05, 0) is 0 Å². The van der Waals surface area contributed by atoms with Crippen molar-refractivity contribution in [3.05, 3.63) is 21.2 Å². The van der Waals surface area contributed by atoms with Crippen LogP contribution in [0.4, 0.5) is 5.82 Å². The van der Waals surface area contributed by atoms with E-state index in [4.69, 9.17) is 18.1 Å². The van der Waals surface area contributed by atoms with E-state index in [1.54, 1.807) is 13.1 Å². The first-order valence-corrected chi connectivity index (χ1v) is 3.33. The van der Waals surface area contributed by atoms with Gasteiger partial charge in [-0.15, -0.1) is 0 Å². The van der Waals surface area contributed by atoms with Gasteiger partial charge in [0, 0.05) is 13.1 Å². The molecule has 60 valence electrons. The minimum atomic E-state index is -0.287. The van der Waals surface area contributed by atoms with E-state index in [1.165, 1.54) is 4.57 Å². The summed E-state index contributed by atoms with van der Waals surface area (Å²) >= 11 is 4.84. The van der Waals surface area contributed by atoms with Gasteiger partial charge in [0.05, 0.1) is 0 Å². The third kappa shape index (κ3) is 1.47. The van der Waals surface area contributed by atoms with E-state index in [-0.39, 0.29) is 5.69 Å². The third-order valence-electron chi connectivity index (χ3n) is 1.30. The SMILES string of the molecule is Cn1c(=S)cc(NN)[nH]c1=O. The number of hydrogen-bond donors (Lipinski definition) is 3. The molecule has 1 aromatic rings. The van der Waals surface area contributed by atoms with Gasteiger partial charge >= 0.3 is 5.69 Å². The Morgan fingerprint density at radius 3 is 2.91 bits per heavy atom. The largest absolute Gasteiger partial charge is 0.327 e. The van der Waals surface area contributed by atoms with Crippen LogP contribution in [0, 0.1) is 4.64 Å². The molecule has 0 spiro atoms. The van der Waals surface area contributed by atoms with E-state index in [1.807, 2.05) is 0 Å². The first kappa shape index (κ1) is 7.96. The predicted octanol–water partition coefficient (Wildman–Crippen LogP) is -0.272. The van der Waals surface area contributed by atoms with Crippen LogP contribution in [0.5, 0.6) is 0 Å². The summed E-state index contributed by atoms with van der Waals surface area (Å²) < 4.78 is 1.75. The Labute approximate surface area is 67.8 Å². The number of nitrogens with zero attached hydrogens (tertiary/aromatic N) is 1. The average Bonchev–Trinajstić information content (AvgIpc) is 1.99. The first-order chi connectivity index (χ1) is 5.15. The number of aromatic amines is 1. The number of nitrogens with one attached hydrogen (secondary N) is 2. The van der Waals surface area contributed by atoms with Crippen LogP contribution < -0.4 is 17.0 Å². The Morgan fingerprint density at radius 2 is 2.45 bits per heavy atom. The van der Waals surface area contributed by atoms with Gasteiger partial charge < -0.3 is 5.43 Å². The van der Waals surface area contributed by atoms with E-state index >= 15 is 0 Å². The van der Waals surface area contributed by atoms with Crippen molar-refractivity contribution in [2.75, 3.05) is 5.43 Å². The van der Waals surface area contributed by atoms with Crippen molar-refractivity contribution < 1.29 is 0 Å². The van der Waals surface area contributed by atoms with Crippen molar-refractivity contribution in [2.45, 2.75) is 0 Å². The van der Waals surface area contributed by atoms with E-state index in [0.29, 0.717) is 10.5 Å². The van der Waals surface area contributed by atoms with Gasteiger partial charge in [0.25, 0.3) is 0 Å². The van der Waals surface area contributed by atoms with Crippen molar-refractivity contribution in [1.82, 2.24) is 9.55 Å². The molecule has 0 aliphatic rings. The number of nitrogens with two attached hydrogens (primary N) is 1. The van der Waals surface area contributed by atoms with Gasteiger partial charge in [-0.2, -0.15) is 0 Å². The minimum absolute atomic E-state index is 0.287. The zero-order valence-electron chi connectivity index (χ0n) is 5.92. The normalized spacial score (nSPS) is 9.64. The maximum atomic E-state index is 11.0. The summed E-state index contributed by atoms with van der Waals surface area (Å²) in [7, 11) is 1.58. The van der Waals surface area contributed by atoms with Gasteiger partial charge in [0.1, 0.15) is 10.5 Å². The Morgan fingerprint density at radius 1 is 1.82 bits per heavy atom. The second-order valence-corrected chi connectivity index (χ2v) is 2.45. The van der Waals surface area contributed by atoms with Crippen LogP contribution in [0.1, 0.15) is 0 Å². The number of H-pyrrole nitrogens is 1. The molecular formula is C5H8N4OS. The van der Waals surface area contributed by atoms with Crippen molar-refractivity contribution >= 4 is 18.0 Å². The molecule has 1 heterocycles. The second kappa shape index (κ2) is 2.85. The van der Waals surface area contributed by atoms with E-state index in [9.17, 15) is 4.79 Å². The van der Waals surface area contributed by atoms with Crippen LogP contribution in [-0.2, 0) is 7.05 Å². The molecule has 0 saturated carbocycles. The smallest absolute Gasteiger partial charge is 0.310 e. The summed E-state index contributed by atoms with van der Waals surface area (Å²) in [5, 5.41) is 0. The lowest BCUT2D eigenvalue weighted by Crippen LogP contribution is -2.23. The molecule has 0 aliphatic carbocycles. The summed E-state index contributed by atoms with van der Waals surface area (Å²) in [6.07, 6.45) is 0. The molecule has 0 saturated heterocycles. The Bertz CT molecular complexity index is 334. The van der Waals surface area contributed by atoms with Crippen molar-refractivity contribution in [2.24, 2.45) is 12.9 Å². The first-order valence-electron chi connectivity index (χ1n) is 2.92. The lowest BCUT2D eigenvalue weighted by molar-refractivity contribution is 0.798. The summed E-state index contributed by atoms with van der Waals surface area (Å²) in [6, 6.07) is 1.57. The van der Waals surface area contributed by atoms with Gasteiger partial charge in [-0.1, -0.05) is 12.2 Å². The molecule has 1 aromatic heterocycles. The molecule has 1 rings (SSSR count). The van der Waals surface area contributed by atoms with Crippen LogP contribution in [0.25, 0.3) is 0 Å². The molecule has 0 radical (unpaired) electrons. The summed E-state index contributed by atoms with van der Waals surface area (Å²) in [5.74, 6) is 5.48. The quantitative estimate of drug-likeness (QED) is 0.309. The number of nitrogen functional groups attached to an aromatic ring is 1. The minimum Gasteiger partial charge on any atom is -0.310 e. The number of hydrogen-bond acceptors (Lipinski definition) is 4. The fourth-order valence-corrected chi connectivity index (χ4v) is 0.834. The van der Waals surface area contributed by atoms with Crippen molar-refractivity contribution in [3.63, 3.8) is 0 Å². The molecule has 0 atom stereocenters. The van der Waals surface area contributed by atoms with Crippen LogP contribution in [0.15, 0.2) is 10.9 Å². The highest BCUT2D eigenvalue weighted by Crippen LogP contribution is 1.95. The van der Waals surface area contributed by atoms with Gasteiger partial charge in [0.2, 0.25) is 0 Å². The van der Waals surface area contributed by atoms with Crippen LogP contribution >= 0.6 is 12.2 Å². The van der Waals surface area contributed by atoms with Gasteiger partial charge in [-0.25, -0.2) is 10.6 Å². The monoisotopic (exact) mass is 172 g/mol. The number of anilines is 1. The van der Waals surface area contributed by atoms with E-state index < -0.39 is 0 Å². The van der Waals surface area contributed by atoms with Crippen LogP contribution in [0.2, 0.25) is 0 Å². The fraction of sp³-hybridized carbons (Fsp3) is 0.200. The highest BCUT2D eigenvalue weighted by atomic mass is 32.1. The predicted molar refractivity (Wildman–Crippen MR) is 44.7 cm³/mol. The third-order valence-corrected chi connectivity index (χ3v) is 1.69. The highest BCUT2D eigenvalue weighted by Gasteiger charge is 1.93. The van der Waals surface area contributed by atoms with E-state index in [0.717, 1.165) is 0 Å². The second-order valence-electron chi connectivity index (χ2n) is 2.03. The van der Waals surface area contributed by atoms with Crippen LogP contribution in [-0.4, -0.2) is 9.55 Å². The Hall–Kier alpha value is -1.14. The molecule has 0 fully saturated rings. The maximum absolute atomic E-state index is 11.0. The maximum Gasteiger partial charge on any atom is 0.327 e. The Kier molecular flexibility index (Phi) is 2.06. The van der Waals surface area contributed by atoms with Crippen molar-refractivity contribution in [3.8, 4) is 0 Å². The zero-order chi connectivity index (χ0) is 8.43. The average molecular weight is 172 g/mol. The van der Waals surface area contributed by atoms with Crippen LogP contribution in [0.3, 0.4) is 0 Å². The molecule has 0 unspecified atom stereocenters. The van der Waals surface area contributed by atoms with E-state index in [2.05, 4.69) is 10.4 Å². The summed E-state index contributed by atoms with van der Waals surface area (Å²) in [5.41, 5.74) is 2.01. The van der Waals surface area contributed by atoms with Gasteiger partial charge in [-0.3, -0.25) is 9.55 Å². The molecular weight excluding hydrogens is 164 g/mol. The highest BCUT2D eigenvalue weighted by molar-refractivity contribution is 7.71. The number of rotatable bonds is 1. The number of aromatic nitrogens is 2. The number of hydrazine groups is 1. The summed E-state index contributed by atoms with van der Waals surface area (Å²) in [6.45, 7) is 0. The Balaban J connectivity index is 3.45. The molecule has 6 heteroatoms. The zero-order valence-corrected chi connectivity index (χ0v) is 6.73. The molecule has 5 nitrogen and oxygen atoms in total. The standard InChI is InChI=1S/C5H8N4OS/c1-9-4(11)2-3(8-6)7-5(9)10/h2,8H,6H2,1H3,(H,7,10). The van der Waals surface area contributed by atoms with Gasteiger partial charge in [0.15, 0.2) is 0 Å². The lowest BCUT2D eigenvalue weighted by atomic mass is 10.6. The summed E-state index contributed by atoms with van der Waals surface area (Å²) in [4.78, 5) is 13.4. The molecule has 11 heavy (non-hydrogen) atoms. The topological polar surface area (TPSA) is 75.8 Å². The molecule has 0 aromatic carbocycles. The molecule has 0 bridgehead atoms. The fourth-order valence-electron chi connectivity index (χ4n) is 0.633. The lowest BCUT2D eigenvalue weighted by Gasteiger charge is -2.00. The molecule has 0 aliphatic heterocycles. The molecule has 4 N–H and O–H groups in total.